The summed E-state index contributed by atoms with van der Waals surface area (Å²) in [5.74, 6) is 0.469. The van der Waals surface area contributed by atoms with Crippen LogP contribution < -0.4 is 5.32 Å². The Bertz CT molecular complexity index is 525. The summed E-state index contributed by atoms with van der Waals surface area (Å²) in [6.07, 6.45) is 4.05. The molecule has 1 aromatic carbocycles. The summed E-state index contributed by atoms with van der Waals surface area (Å²) in [6.45, 7) is 2.20. The number of amides is 1. The Morgan fingerprint density at radius 3 is 2.62 bits per heavy atom. The third kappa shape index (κ3) is 3.83. The van der Waals surface area contributed by atoms with Gasteiger partial charge in [-0.15, -0.1) is 0 Å². The van der Waals surface area contributed by atoms with Gasteiger partial charge in [-0.2, -0.15) is 0 Å². The van der Waals surface area contributed by atoms with Gasteiger partial charge in [0.1, 0.15) is 5.82 Å². The van der Waals surface area contributed by atoms with Crippen LogP contribution in [0.4, 0.5) is 4.39 Å². The molecule has 3 nitrogen and oxygen atoms in total. The monoisotopic (exact) mass is 354 g/mol. The highest BCUT2D eigenvalue weighted by atomic mass is 79.9. The van der Waals surface area contributed by atoms with Crippen LogP contribution >= 0.6 is 15.9 Å². The second-order valence-corrected chi connectivity index (χ2v) is 6.91. The van der Waals surface area contributed by atoms with Crippen LogP contribution in [0.2, 0.25) is 0 Å². The maximum atomic E-state index is 13.7. The van der Waals surface area contributed by atoms with Gasteiger partial charge in [-0.25, -0.2) is 4.39 Å². The topological polar surface area (TPSA) is 32.3 Å². The first-order valence-corrected chi connectivity index (χ1v) is 8.39. The Hall–Kier alpha value is -0.940. The minimum absolute atomic E-state index is 0.182. The second-order valence-electron chi connectivity index (χ2n) is 5.99. The average Bonchev–Trinajstić information content (AvgIpc) is 3.31. The van der Waals surface area contributed by atoms with E-state index in [0.29, 0.717) is 30.0 Å². The van der Waals surface area contributed by atoms with E-state index in [-0.39, 0.29) is 5.82 Å². The Morgan fingerprint density at radius 2 is 2.00 bits per heavy atom. The van der Waals surface area contributed by atoms with Gasteiger partial charge in [0.15, 0.2) is 0 Å². The number of hydrogen-bond donors (Lipinski definition) is 1. The normalized spacial score (nSPS) is 19.8. The molecule has 0 spiro atoms. The molecule has 114 valence electrons. The van der Waals surface area contributed by atoms with Gasteiger partial charge in [0, 0.05) is 41.6 Å². The van der Waals surface area contributed by atoms with Crippen molar-refractivity contribution < 1.29 is 9.18 Å². The lowest BCUT2D eigenvalue weighted by atomic mass is 10.0. The molecule has 0 atom stereocenters. The number of hydrogen-bond acceptors (Lipinski definition) is 2. The quantitative estimate of drug-likeness (QED) is 0.900. The fraction of sp³-hybridized carbons (Fsp3) is 0.562. The molecular weight excluding hydrogens is 335 g/mol. The number of halogens is 2. The van der Waals surface area contributed by atoms with Gasteiger partial charge in [-0.05, 0) is 37.8 Å². The first-order chi connectivity index (χ1) is 10.1. The van der Waals surface area contributed by atoms with Crippen LogP contribution in [0.3, 0.4) is 0 Å². The fourth-order valence-electron chi connectivity index (χ4n) is 2.81. The molecule has 1 heterocycles. The number of nitrogens with zero attached hydrogens (tertiary/aromatic N) is 1. The van der Waals surface area contributed by atoms with Gasteiger partial charge < -0.3 is 10.2 Å². The van der Waals surface area contributed by atoms with Crippen molar-refractivity contribution in [1.29, 1.82) is 0 Å². The van der Waals surface area contributed by atoms with Crippen LogP contribution in [0.15, 0.2) is 22.7 Å². The first kappa shape index (κ1) is 15.0. The van der Waals surface area contributed by atoms with Crippen molar-refractivity contribution in [2.75, 3.05) is 13.1 Å². The summed E-state index contributed by atoms with van der Waals surface area (Å²) in [5, 5.41) is 3.41. The van der Waals surface area contributed by atoms with Crippen molar-refractivity contribution >= 4 is 21.8 Å². The molecule has 1 aliphatic carbocycles. The fourth-order valence-corrected chi connectivity index (χ4v) is 3.14. The SMILES string of the molecule is O=C(C1CC1)N1CCC(NCc2ccc(Br)cc2F)CC1. The lowest BCUT2D eigenvalue weighted by Gasteiger charge is -2.32. The minimum Gasteiger partial charge on any atom is -0.342 e. The molecule has 1 amide bonds. The molecule has 1 aliphatic heterocycles. The van der Waals surface area contributed by atoms with E-state index in [1.807, 2.05) is 11.0 Å². The molecule has 1 saturated heterocycles. The lowest BCUT2D eigenvalue weighted by Crippen LogP contribution is -2.45. The van der Waals surface area contributed by atoms with Crippen molar-refractivity contribution in [3.8, 4) is 0 Å². The molecule has 3 rings (SSSR count). The third-order valence-corrected chi connectivity index (χ3v) is 4.82. The summed E-state index contributed by atoms with van der Waals surface area (Å²) in [7, 11) is 0. The van der Waals surface area contributed by atoms with Crippen LogP contribution in [-0.4, -0.2) is 29.9 Å². The molecule has 0 unspecified atom stereocenters. The molecule has 21 heavy (non-hydrogen) atoms. The highest BCUT2D eigenvalue weighted by Crippen LogP contribution is 2.31. The van der Waals surface area contributed by atoms with Gasteiger partial charge in [-0.1, -0.05) is 22.0 Å². The molecular formula is C16H20BrFN2O. The van der Waals surface area contributed by atoms with Crippen molar-refractivity contribution in [1.82, 2.24) is 10.2 Å². The second kappa shape index (κ2) is 6.44. The van der Waals surface area contributed by atoms with E-state index in [9.17, 15) is 9.18 Å². The number of carbonyl (C=O) groups is 1. The summed E-state index contributed by atoms with van der Waals surface area (Å²) >= 11 is 3.26. The number of rotatable bonds is 4. The number of carbonyl (C=O) groups excluding carboxylic acids is 1. The van der Waals surface area contributed by atoms with Gasteiger partial charge in [0.25, 0.3) is 0 Å². The zero-order chi connectivity index (χ0) is 14.8. The van der Waals surface area contributed by atoms with Gasteiger partial charge in [0.05, 0.1) is 0 Å². The minimum atomic E-state index is -0.182. The van der Waals surface area contributed by atoms with E-state index < -0.39 is 0 Å². The van der Waals surface area contributed by atoms with E-state index in [1.54, 1.807) is 6.07 Å². The molecule has 0 aromatic heterocycles. The molecule has 5 heteroatoms. The van der Waals surface area contributed by atoms with Gasteiger partial charge in [0.2, 0.25) is 5.91 Å². The standard InChI is InChI=1S/C16H20BrFN2O/c17-13-4-3-12(15(18)9-13)10-19-14-5-7-20(8-6-14)16(21)11-1-2-11/h3-4,9,11,14,19H,1-2,5-8,10H2. The zero-order valence-electron chi connectivity index (χ0n) is 11.9. The van der Waals surface area contributed by atoms with E-state index >= 15 is 0 Å². The third-order valence-electron chi connectivity index (χ3n) is 4.33. The predicted octanol–water partition coefficient (Wildman–Crippen LogP) is 3.08. The number of likely N-dealkylation sites (tertiary alicyclic amines) is 1. The maximum absolute atomic E-state index is 13.7. The van der Waals surface area contributed by atoms with Gasteiger partial charge in [-0.3, -0.25) is 4.79 Å². The van der Waals surface area contributed by atoms with Crippen LogP contribution in [0.25, 0.3) is 0 Å². The van der Waals surface area contributed by atoms with E-state index in [4.69, 9.17) is 0 Å². The Labute approximate surface area is 133 Å². The van der Waals surface area contributed by atoms with Crippen molar-refractivity contribution in [3.63, 3.8) is 0 Å². The van der Waals surface area contributed by atoms with Crippen LogP contribution in [0, 0.1) is 11.7 Å². The smallest absolute Gasteiger partial charge is 0.225 e. The molecule has 2 fully saturated rings. The number of nitrogens with one attached hydrogen (secondary N) is 1. The van der Waals surface area contributed by atoms with Crippen LogP contribution in [0.5, 0.6) is 0 Å². The molecule has 1 aromatic rings. The predicted molar refractivity (Wildman–Crippen MR) is 83.3 cm³/mol. The van der Waals surface area contributed by atoms with Crippen LogP contribution in [0.1, 0.15) is 31.2 Å². The molecule has 1 N–H and O–H groups in total. The van der Waals surface area contributed by atoms with Crippen molar-refractivity contribution in [2.24, 2.45) is 5.92 Å². The highest BCUT2D eigenvalue weighted by molar-refractivity contribution is 9.10. The summed E-state index contributed by atoms with van der Waals surface area (Å²) in [5.41, 5.74) is 0.690. The van der Waals surface area contributed by atoms with E-state index in [0.717, 1.165) is 43.2 Å². The van der Waals surface area contributed by atoms with Crippen molar-refractivity contribution in [3.05, 3.63) is 34.1 Å². The Morgan fingerprint density at radius 1 is 1.29 bits per heavy atom. The summed E-state index contributed by atoms with van der Waals surface area (Å²) < 4.78 is 14.5. The Kier molecular flexibility index (Phi) is 4.60. The summed E-state index contributed by atoms with van der Waals surface area (Å²) in [6, 6.07) is 5.53. The number of piperidine rings is 1. The van der Waals surface area contributed by atoms with E-state index in [1.165, 1.54) is 6.07 Å². The molecule has 0 radical (unpaired) electrons. The number of benzene rings is 1. The zero-order valence-corrected chi connectivity index (χ0v) is 13.5. The van der Waals surface area contributed by atoms with Crippen LogP contribution in [-0.2, 0) is 11.3 Å². The Balaban J connectivity index is 1.45. The highest BCUT2D eigenvalue weighted by Gasteiger charge is 2.34. The molecule has 1 saturated carbocycles. The molecule has 0 bridgehead atoms. The maximum Gasteiger partial charge on any atom is 0.225 e. The summed E-state index contributed by atoms with van der Waals surface area (Å²) in [4.78, 5) is 14.0. The van der Waals surface area contributed by atoms with Gasteiger partial charge >= 0.3 is 0 Å². The lowest BCUT2D eigenvalue weighted by molar-refractivity contribution is -0.133. The average molecular weight is 355 g/mol. The van der Waals surface area contributed by atoms with E-state index in [2.05, 4.69) is 21.2 Å². The van der Waals surface area contributed by atoms with Crippen molar-refractivity contribution in [2.45, 2.75) is 38.3 Å². The first-order valence-electron chi connectivity index (χ1n) is 7.59. The largest absolute Gasteiger partial charge is 0.342 e. The molecule has 2 aliphatic rings.